The van der Waals surface area contributed by atoms with E-state index >= 15 is 0 Å². The molecule has 0 heterocycles. The zero-order chi connectivity index (χ0) is 14.2. The Morgan fingerprint density at radius 3 is 2.45 bits per heavy atom. The van der Waals surface area contributed by atoms with E-state index in [9.17, 15) is 4.79 Å². The molecule has 3 heteroatoms. The van der Waals surface area contributed by atoms with Crippen LogP contribution in [0.1, 0.15) is 21.5 Å². The zero-order valence-electron chi connectivity index (χ0n) is 11.2. The molecule has 0 saturated heterocycles. The number of nitrogens with zero attached hydrogens (tertiary/aromatic N) is 1. The van der Waals surface area contributed by atoms with Crippen molar-refractivity contribution in [2.75, 3.05) is 6.54 Å². The number of hydrogen-bond donors (Lipinski definition) is 1. The molecule has 20 heavy (non-hydrogen) atoms. The van der Waals surface area contributed by atoms with Crippen LogP contribution < -0.4 is 5.32 Å². The van der Waals surface area contributed by atoms with Crippen molar-refractivity contribution in [2.24, 2.45) is 0 Å². The summed E-state index contributed by atoms with van der Waals surface area (Å²) in [6.07, 6.45) is 1.70. The van der Waals surface area contributed by atoms with Crippen LogP contribution in [0.5, 0.6) is 0 Å². The number of rotatable bonds is 5. The lowest BCUT2D eigenvalue weighted by Crippen LogP contribution is -2.24. The summed E-state index contributed by atoms with van der Waals surface area (Å²) in [4.78, 5) is 12.0. The summed E-state index contributed by atoms with van der Waals surface area (Å²) in [5.74, 6) is -0.185. The SMILES string of the molecule is N#CCNC(=O)c1ccccc1CCc1ccccc1. The molecule has 0 aliphatic heterocycles. The fourth-order valence-electron chi connectivity index (χ4n) is 2.10. The fraction of sp³-hybridized carbons (Fsp3) is 0.176. The molecule has 1 amide bonds. The zero-order valence-corrected chi connectivity index (χ0v) is 11.2. The predicted molar refractivity (Wildman–Crippen MR) is 78.2 cm³/mol. The predicted octanol–water partition coefficient (Wildman–Crippen LogP) is 2.73. The highest BCUT2D eigenvalue weighted by Gasteiger charge is 2.09. The molecule has 0 aromatic heterocycles. The van der Waals surface area contributed by atoms with Gasteiger partial charge in [0.2, 0.25) is 0 Å². The van der Waals surface area contributed by atoms with Gasteiger partial charge in [0, 0.05) is 5.56 Å². The minimum absolute atomic E-state index is 0.0336. The van der Waals surface area contributed by atoms with Crippen LogP contribution in [0.15, 0.2) is 54.6 Å². The molecule has 1 N–H and O–H groups in total. The lowest BCUT2D eigenvalue weighted by atomic mass is 9.99. The molecular weight excluding hydrogens is 248 g/mol. The van der Waals surface area contributed by atoms with Crippen LogP contribution in [-0.4, -0.2) is 12.5 Å². The smallest absolute Gasteiger partial charge is 0.252 e. The molecule has 0 atom stereocenters. The monoisotopic (exact) mass is 264 g/mol. The molecule has 2 rings (SSSR count). The van der Waals surface area contributed by atoms with Crippen LogP contribution in [0, 0.1) is 11.3 Å². The fourth-order valence-corrected chi connectivity index (χ4v) is 2.10. The molecule has 2 aromatic carbocycles. The Labute approximate surface area is 118 Å². The number of hydrogen-bond acceptors (Lipinski definition) is 2. The second-order valence-electron chi connectivity index (χ2n) is 4.48. The number of amides is 1. The second kappa shape index (κ2) is 7.10. The third-order valence-corrected chi connectivity index (χ3v) is 3.12. The Morgan fingerprint density at radius 2 is 1.70 bits per heavy atom. The van der Waals surface area contributed by atoms with E-state index in [1.54, 1.807) is 6.07 Å². The van der Waals surface area contributed by atoms with Crippen molar-refractivity contribution in [2.45, 2.75) is 12.8 Å². The van der Waals surface area contributed by atoms with Crippen molar-refractivity contribution in [3.05, 3.63) is 71.3 Å². The normalized spacial score (nSPS) is 9.75. The average molecular weight is 264 g/mol. The van der Waals surface area contributed by atoms with Crippen LogP contribution in [0.25, 0.3) is 0 Å². The summed E-state index contributed by atoms with van der Waals surface area (Å²) in [6, 6.07) is 19.6. The van der Waals surface area contributed by atoms with Gasteiger partial charge in [0.15, 0.2) is 0 Å². The molecule has 0 spiro atoms. The van der Waals surface area contributed by atoms with Crippen LogP contribution >= 0.6 is 0 Å². The highest BCUT2D eigenvalue weighted by Crippen LogP contribution is 2.12. The molecule has 100 valence electrons. The van der Waals surface area contributed by atoms with E-state index in [4.69, 9.17) is 5.26 Å². The molecule has 2 aromatic rings. The lowest BCUT2D eigenvalue weighted by molar-refractivity contribution is 0.0957. The summed E-state index contributed by atoms with van der Waals surface area (Å²) < 4.78 is 0. The maximum Gasteiger partial charge on any atom is 0.252 e. The van der Waals surface area contributed by atoms with E-state index in [0.717, 1.165) is 18.4 Å². The topological polar surface area (TPSA) is 52.9 Å². The van der Waals surface area contributed by atoms with E-state index in [1.165, 1.54) is 5.56 Å². The molecule has 0 aliphatic rings. The van der Waals surface area contributed by atoms with Gasteiger partial charge in [-0.1, -0.05) is 48.5 Å². The van der Waals surface area contributed by atoms with Gasteiger partial charge >= 0.3 is 0 Å². The number of nitriles is 1. The van der Waals surface area contributed by atoms with Crippen molar-refractivity contribution in [3.8, 4) is 6.07 Å². The Bertz CT molecular complexity index is 614. The van der Waals surface area contributed by atoms with Crippen molar-refractivity contribution in [1.82, 2.24) is 5.32 Å². The number of carbonyl (C=O) groups excluding carboxylic acids is 1. The Balaban J connectivity index is 2.08. The molecular formula is C17H16N2O. The molecule has 0 bridgehead atoms. The first kappa shape index (κ1) is 13.8. The van der Waals surface area contributed by atoms with Gasteiger partial charge in [-0.15, -0.1) is 0 Å². The van der Waals surface area contributed by atoms with Gasteiger partial charge in [0.1, 0.15) is 6.54 Å². The molecule has 0 fully saturated rings. The second-order valence-corrected chi connectivity index (χ2v) is 4.48. The molecule has 0 saturated carbocycles. The average Bonchev–Trinajstić information content (AvgIpc) is 2.52. The summed E-state index contributed by atoms with van der Waals surface area (Å²) in [5.41, 5.74) is 2.91. The van der Waals surface area contributed by atoms with Gasteiger partial charge in [-0.05, 0) is 30.0 Å². The van der Waals surface area contributed by atoms with E-state index in [-0.39, 0.29) is 12.5 Å². The van der Waals surface area contributed by atoms with Gasteiger partial charge < -0.3 is 5.32 Å². The Kier molecular flexibility index (Phi) is 4.91. The minimum atomic E-state index is -0.185. The summed E-state index contributed by atoms with van der Waals surface area (Å²) in [5, 5.41) is 11.1. The van der Waals surface area contributed by atoms with Crippen molar-refractivity contribution >= 4 is 5.91 Å². The van der Waals surface area contributed by atoms with Crippen molar-refractivity contribution in [3.63, 3.8) is 0 Å². The van der Waals surface area contributed by atoms with Gasteiger partial charge in [0.25, 0.3) is 5.91 Å². The van der Waals surface area contributed by atoms with E-state index in [1.807, 2.05) is 42.5 Å². The number of carbonyl (C=O) groups is 1. The molecule has 0 radical (unpaired) electrons. The van der Waals surface area contributed by atoms with Gasteiger partial charge in [-0.2, -0.15) is 5.26 Å². The Morgan fingerprint density at radius 1 is 1.00 bits per heavy atom. The number of benzene rings is 2. The van der Waals surface area contributed by atoms with Crippen LogP contribution in [0.3, 0.4) is 0 Å². The number of aryl methyl sites for hydroxylation is 2. The van der Waals surface area contributed by atoms with Crippen molar-refractivity contribution < 1.29 is 4.79 Å². The summed E-state index contributed by atoms with van der Waals surface area (Å²) in [7, 11) is 0. The largest absolute Gasteiger partial charge is 0.339 e. The van der Waals surface area contributed by atoms with E-state index in [2.05, 4.69) is 17.4 Å². The minimum Gasteiger partial charge on any atom is -0.339 e. The highest BCUT2D eigenvalue weighted by molar-refractivity contribution is 5.95. The van der Waals surface area contributed by atoms with Gasteiger partial charge in [0.05, 0.1) is 6.07 Å². The number of nitrogens with one attached hydrogen (secondary N) is 1. The molecule has 0 aliphatic carbocycles. The van der Waals surface area contributed by atoms with Crippen LogP contribution in [0.4, 0.5) is 0 Å². The highest BCUT2D eigenvalue weighted by atomic mass is 16.1. The summed E-state index contributed by atoms with van der Waals surface area (Å²) >= 11 is 0. The van der Waals surface area contributed by atoms with Gasteiger partial charge in [-0.25, -0.2) is 0 Å². The van der Waals surface area contributed by atoms with Crippen molar-refractivity contribution in [1.29, 1.82) is 5.26 Å². The van der Waals surface area contributed by atoms with E-state index in [0.29, 0.717) is 5.56 Å². The third-order valence-electron chi connectivity index (χ3n) is 3.12. The summed E-state index contributed by atoms with van der Waals surface area (Å²) in [6.45, 7) is 0.0336. The molecule has 0 unspecified atom stereocenters. The first-order valence-corrected chi connectivity index (χ1v) is 6.58. The Hall–Kier alpha value is -2.60. The first-order chi connectivity index (χ1) is 9.81. The standard InChI is InChI=1S/C17H16N2O/c18-12-13-19-17(20)16-9-5-4-8-15(16)11-10-14-6-2-1-3-7-14/h1-9H,10-11,13H2,(H,19,20). The quantitative estimate of drug-likeness (QED) is 0.844. The molecule has 3 nitrogen and oxygen atoms in total. The van der Waals surface area contributed by atoms with E-state index < -0.39 is 0 Å². The van der Waals surface area contributed by atoms with Crippen LogP contribution in [0.2, 0.25) is 0 Å². The lowest BCUT2D eigenvalue weighted by Gasteiger charge is -2.08. The third kappa shape index (κ3) is 3.69. The maximum absolute atomic E-state index is 12.0. The van der Waals surface area contributed by atoms with Crippen LogP contribution in [-0.2, 0) is 12.8 Å². The van der Waals surface area contributed by atoms with Gasteiger partial charge in [-0.3, -0.25) is 4.79 Å². The first-order valence-electron chi connectivity index (χ1n) is 6.58. The maximum atomic E-state index is 12.0.